The zero-order valence-corrected chi connectivity index (χ0v) is 20.1. The number of carbonyl (C=O) groups is 1. The highest BCUT2D eigenvalue weighted by atomic mass is 31.2. The zero-order chi connectivity index (χ0) is 22.5. The molecule has 1 N–H and O–H groups in total. The summed E-state index contributed by atoms with van der Waals surface area (Å²) in [7, 11) is -3.18. The van der Waals surface area contributed by atoms with Gasteiger partial charge in [0.1, 0.15) is 12.4 Å². The van der Waals surface area contributed by atoms with Gasteiger partial charge in [-0.15, -0.1) is 0 Å². The Morgan fingerprint density at radius 3 is 1.97 bits per heavy atom. The summed E-state index contributed by atoms with van der Waals surface area (Å²) in [6.07, 6.45) is 4.01. The average molecular weight is 425 g/mol. The molecule has 5 nitrogen and oxygen atoms in total. The van der Waals surface area contributed by atoms with Crippen LogP contribution in [-0.2, 0) is 35.7 Å². The topological polar surface area (TPSA) is 72.8 Å². The highest BCUT2D eigenvalue weighted by Gasteiger charge is 2.26. The van der Waals surface area contributed by atoms with Crippen molar-refractivity contribution in [3.05, 3.63) is 41.0 Å². The van der Waals surface area contributed by atoms with E-state index in [-0.39, 0.29) is 36.0 Å². The maximum atomic E-state index is 12.2. The summed E-state index contributed by atoms with van der Waals surface area (Å²) >= 11 is 0. The molecule has 0 aromatic heterocycles. The van der Waals surface area contributed by atoms with E-state index in [2.05, 4.69) is 41.5 Å². The molecule has 0 amide bonds. The van der Waals surface area contributed by atoms with Gasteiger partial charge in [0.15, 0.2) is 5.78 Å². The summed E-state index contributed by atoms with van der Waals surface area (Å²) in [6, 6.07) is 3.99. The predicted octanol–water partition coefficient (Wildman–Crippen LogP) is 5.92. The molecule has 0 spiro atoms. The molecule has 29 heavy (non-hydrogen) atoms. The van der Waals surface area contributed by atoms with Gasteiger partial charge < -0.3 is 14.2 Å². The van der Waals surface area contributed by atoms with Gasteiger partial charge in [-0.05, 0) is 46.9 Å². The van der Waals surface area contributed by atoms with Crippen LogP contribution in [0, 0.1) is 0 Å². The molecule has 1 atom stereocenters. The molecule has 1 unspecified atom stereocenters. The molecule has 0 heterocycles. The van der Waals surface area contributed by atoms with E-state index in [0.29, 0.717) is 12.2 Å². The van der Waals surface area contributed by atoms with Crippen molar-refractivity contribution in [1.29, 1.82) is 0 Å². The maximum absolute atomic E-state index is 12.2. The third kappa shape index (κ3) is 7.73. The molecule has 0 bridgehead atoms. The van der Waals surface area contributed by atoms with Crippen molar-refractivity contribution in [2.75, 3.05) is 19.4 Å². The standard InChI is InChI=1S/C23H37O5P/c1-9-27-29(26,10-2)28-16-18(24)13-11-12-17-14-19(22(3,4)5)21(25)20(15-17)23(6,7)8/h11,13-15,25H,9-10,12,16H2,1-8H3. The van der Waals surface area contributed by atoms with E-state index < -0.39 is 7.60 Å². The minimum Gasteiger partial charge on any atom is -0.507 e. The average Bonchev–Trinajstić information content (AvgIpc) is 2.59. The summed E-state index contributed by atoms with van der Waals surface area (Å²) in [5.74, 6) is 0.0812. The number of allylic oxidation sites excluding steroid dienone is 1. The fraction of sp³-hybridized carbons (Fsp3) is 0.609. The van der Waals surface area contributed by atoms with Crippen molar-refractivity contribution in [1.82, 2.24) is 0 Å². The first-order valence-corrected chi connectivity index (χ1v) is 11.9. The normalized spacial score (nSPS) is 14.9. The molecule has 1 rings (SSSR count). The minimum absolute atomic E-state index is 0.200. The van der Waals surface area contributed by atoms with Crippen molar-refractivity contribution in [3.63, 3.8) is 0 Å². The monoisotopic (exact) mass is 424 g/mol. The van der Waals surface area contributed by atoms with Crippen LogP contribution < -0.4 is 0 Å². The van der Waals surface area contributed by atoms with E-state index in [9.17, 15) is 14.5 Å². The van der Waals surface area contributed by atoms with Gasteiger partial charge in [0.25, 0.3) is 0 Å². The van der Waals surface area contributed by atoms with Crippen LogP contribution in [0.3, 0.4) is 0 Å². The van der Waals surface area contributed by atoms with Crippen LogP contribution in [0.15, 0.2) is 24.3 Å². The van der Waals surface area contributed by atoms with Crippen LogP contribution in [-0.4, -0.2) is 30.3 Å². The fourth-order valence-corrected chi connectivity index (χ4v) is 4.07. The number of aromatic hydroxyl groups is 1. The minimum atomic E-state index is -3.18. The number of benzene rings is 1. The van der Waals surface area contributed by atoms with E-state index in [0.717, 1.165) is 16.7 Å². The van der Waals surface area contributed by atoms with Gasteiger partial charge in [0, 0.05) is 6.16 Å². The molecule has 0 saturated heterocycles. The lowest BCUT2D eigenvalue weighted by Crippen LogP contribution is -2.17. The van der Waals surface area contributed by atoms with Crippen LogP contribution in [0.4, 0.5) is 0 Å². The first-order valence-electron chi connectivity index (χ1n) is 10.2. The van der Waals surface area contributed by atoms with Crippen molar-refractivity contribution >= 4 is 13.4 Å². The Labute approximate surface area is 176 Å². The molecular weight excluding hydrogens is 387 g/mol. The second kappa shape index (κ2) is 10.1. The number of rotatable bonds is 9. The number of phenols is 1. The molecule has 0 aliphatic rings. The molecule has 0 fully saturated rings. The lowest BCUT2D eigenvalue weighted by atomic mass is 9.78. The lowest BCUT2D eigenvalue weighted by Gasteiger charge is -2.28. The van der Waals surface area contributed by atoms with Crippen molar-refractivity contribution in [2.45, 2.75) is 72.6 Å². The van der Waals surface area contributed by atoms with E-state index in [4.69, 9.17) is 9.05 Å². The summed E-state index contributed by atoms with van der Waals surface area (Å²) in [6.45, 7) is 15.9. The molecular formula is C23H37O5P. The first kappa shape index (κ1) is 25.6. The molecule has 1 aromatic rings. The molecule has 0 aliphatic carbocycles. The number of phenolic OH excluding ortho intramolecular Hbond substituents is 1. The van der Waals surface area contributed by atoms with Gasteiger partial charge in [-0.3, -0.25) is 9.36 Å². The Morgan fingerprint density at radius 1 is 1.03 bits per heavy atom. The van der Waals surface area contributed by atoms with Crippen LogP contribution in [0.5, 0.6) is 5.75 Å². The largest absolute Gasteiger partial charge is 0.507 e. The number of hydrogen-bond acceptors (Lipinski definition) is 5. The van der Waals surface area contributed by atoms with Gasteiger partial charge in [-0.1, -0.05) is 66.7 Å². The lowest BCUT2D eigenvalue weighted by molar-refractivity contribution is -0.116. The molecule has 1 aromatic carbocycles. The highest BCUT2D eigenvalue weighted by molar-refractivity contribution is 7.53. The number of carbonyl (C=O) groups excluding carboxylic acids is 1. The fourth-order valence-electron chi connectivity index (χ4n) is 2.91. The van der Waals surface area contributed by atoms with Crippen LogP contribution in [0.25, 0.3) is 0 Å². The van der Waals surface area contributed by atoms with Crippen molar-refractivity contribution in [2.24, 2.45) is 0 Å². The zero-order valence-electron chi connectivity index (χ0n) is 19.2. The SMILES string of the molecule is CCOP(=O)(CC)OCC(=O)C=CCc1cc(C(C)(C)C)c(O)c(C(C)(C)C)c1. The predicted molar refractivity (Wildman–Crippen MR) is 119 cm³/mol. The third-order valence-electron chi connectivity index (χ3n) is 4.56. The van der Waals surface area contributed by atoms with Gasteiger partial charge in [0.05, 0.1) is 6.61 Å². The Balaban J connectivity index is 2.96. The van der Waals surface area contributed by atoms with E-state index >= 15 is 0 Å². The smallest absolute Gasteiger partial charge is 0.330 e. The van der Waals surface area contributed by atoms with Crippen molar-refractivity contribution in [3.8, 4) is 5.75 Å². The number of ketones is 1. The maximum Gasteiger partial charge on any atom is 0.330 e. The second-order valence-corrected chi connectivity index (χ2v) is 11.6. The Bertz CT molecular complexity index is 746. The van der Waals surface area contributed by atoms with E-state index in [1.54, 1.807) is 19.9 Å². The van der Waals surface area contributed by atoms with Crippen molar-refractivity contribution < 1.29 is 23.5 Å². The van der Waals surface area contributed by atoms with Gasteiger partial charge >= 0.3 is 7.60 Å². The molecule has 0 radical (unpaired) electrons. The molecule has 0 aliphatic heterocycles. The van der Waals surface area contributed by atoms with Crippen LogP contribution in [0.2, 0.25) is 0 Å². The quantitative estimate of drug-likeness (QED) is 0.393. The molecule has 0 saturated carbocycles. The Kier molecular flexibility index (Phi) is 8.89. The van der Waals surface area contributed by atoms with Gasteiger partial charge in [0.2, 0.25) is 0 Å². The Hall–Kier alpha value is -1.42. The van der Waals surface area contributed by atoms with Gasteiger partial charge in [-0.25, -0.2) is 0 Å². The molecule has 164 valence electrons. The Morgan fingerprint density at radius 2 is 1.55 bits per heavy atom. The summed E-state index contributed by atoms with van der Waals surface area (Å²) in [5, 5.41) is 10.8. The van der Waals surface area contributed by atoms with E-state index in [1.807, 2.05) is 12.1 Å². The van der Waals surface area contributed by atoms with Crippen LogP contribution in [0.1, 0.15) is 72.1 Å². The number of hydrogen-bond donors (Lipinski definition) is 1. The van der Waals surface area contributed by atoms with E-state index in [1.165, 1.54) is 6.08 Å². The molecule has 6 heteroatoms. The summed E-state index contributed by atoms with van der Waals surface area (Å²) < 4.78 is 22.6. The highest BCUT2D eigenvalue weighted by Crippen LogP contribution is 2.47. The van der Waals surface area contributed by atoms with Gasteiger partial charge in [-0.2, -0.15) is 0 Å². The summed E-state index contributed by atoms with van der Waals surface area (Å²) in [4.78, 5) is 12.1. The third-order valence-corrected chi connectivity index (χ3v) is 6.51. The van der Waals surface area contributed by atoms with Crippen LogP contribution >= 0.6 is 7.60 Å². The second-order valence-electron chi connectivity index (χ2n) is 9.23. The first-order chi connectivity index (χ1) is 13.2. The summed E-state index contributed by atoms with van der Waals surface area (Å²) in [5.41, 5.74) is 2.41.